The third-order valence-corrected chi connectivity index (χ3v) is 3.73. The van der Waals surface area contributed by atoms with Crippen molar-refractivity contribution in [3.8, 4) is 23.0 Å². The average Bonchev–Trinajstić information content (AvgIpc) is 2.45. The molecule has 0 aliphatic carbocycles. The van der Waals surface area contributed by atoms with Crippen molar-refractivity contribution >= 4 is 0 Å². The molecule has 5 heteroatoms. The van der Waals surface area contributed by atoms with E-state index < -0.39 is 0 Å². The van der Waals surface area contributed by atoms with Crippen LogP contribution < -0.4 is 5.32 Å². The van der Waals surface area contributed by atoms with Gasteiger partial charge in [0.25, 0.3) is 0 Å². The number of fused-ring (bicyclic) bond motifs is 1. The summed E-state index contributed by atoms with van der Waals surface area (Å²) in [5.74, 6) is -0.636. The Kier molecular flexibility index (Phi) is 2.91. The van der Waals surface area contributed by atoms with E-state index in [9.17, 15) is 20.4 Å². The second-order valence-corrected chi connectivity index (χ2v) is 4.93. The third-order valence-electron chi connectivity index (χ3n) is 3.73. The summed E-state index contributed by atoms with van der Waals surface area (Å²) in [4.78, 5) is 0. The molecule has 0 spiro atoms. The van der Waals surface area contributed by atoms with Gasteiger partial charge in [-0.25, -0.2) is 0 Å². The number of rotatable bonds is 1. The van der Waals surface area contributed by atoms with Crippen LogP contribution in [0.1, 0.15) is 22.6 Å². The van der Waals surface area contributed by atoms with Crippen LogP contribution in [0, 0.1) is 0 Å². The fourth-order valence-electron chi connectivity index (χ4n) is 2.66. The Morgan fingerprint density at radius 2 is 1.65 bits per heavy atom. The Balaban J connectivity index is 2.10. The Bertz CT molecular complexity index is 669. The fourth-order valence-corrected chi connectivity index (χ4v) is 2.66. The van der Waals surface area contributed by atoms with Crippen molar-refractivity contribution in [3.63, 3.8) is 0 Å². The predicted molar refractivity (Wildman–Crippen MR) is 73.1 cm³/mol. The second kappa shape index (κ2) is 4.61. The van der Waals surface area contributed by atoms with E-state index in [0.717, 1.165) is 11.1 Å². The lowest BCUT2D eigenvalue weighted by Crippen LogP contribution is -2.28. The number of phenols is 4. The molecule has 1 atom stereocenters. The van der Waals surface area contributed by atoms with Gasteiger partial charge >= 0.3 is 0 Å². The number of aromatic hydroxyl groups is 4. The van der Waals surface area contributed by atoms with E-state index in [1.165, 1.54) is 18.2 Å². The van der Waals surface area contributed by atoms with Gasteiger partial charge in [-0.05, 0) is 29.3 Å². The molecule has 2 aromatic rings. The molecule has 0 saturated carbocycles. The van der Waals surface area contributed by atoms with E-state index in [0.29, 0.717) is 18.7 Å². The topological polar surface area (TPSA) is 93.0 Å². The Hall–Kier alpha value is -2.40. The number of hydrogen-bond acceptors (Lipinski definition) is 5. The fraction of sp³-hybridized carbons (Fsp3) is 0.200. The summed E-state index contributed by atoms with van der Waals surface area (Å²) >= 11 is 0. The lowest BCUT2D eigenvalue weighted by Gasteiger charge is -2.27. The van der Waals surface area contributed by atoms with E-state index in [4.69, 9.17) is 0 Å². The highest BCUT2D eigenvalue weighted by atomic mass is 16.3. The van der Waals surface area contributed by atoms with Gasteiger partial charge in [0.05, 0.1) is 0 Å². The average molecular weight is 273 g/mol. The maximum atomic E-state index is 9.93. The monoisotopic (exact) mass is 273 g/mol. The van der Waals surface area contributed by atoms with Gasteiger partial charge in [0.2, 0.25) is 0 Å². The third kappa shape index (κ3) is 1.92. The number of hydrogen-bond donors (Lipinski definition) is 5. The van der Waals surface area contributed by atoms with Gasteiger partial charge in [-0.3, -0.25) is 0 Å². The van der Waals surface area contributed by atoms with Gasteiger partial charge in [0, 0.05) is 24.6 Å². The van der Waals surface area contributed by atoms with Crippen LogP contribution in [0.25, 0.3) is 0 Å². The molecule has 3 rings (SSSR count). The summed E-state index contributed by atoms with van der Waals surface area (Å²) in [5, 5.41) is 41.7. The predicted octanol–water partition coefficient (Wildman–Crippen LogP) is 1.74. The van der Waals surface area contributed by atoms with Gasteiger partial charge in [0.15, 0.2) is 23.0 Å². The zero-order valence-corrected chi connectivity index (χ0v) is 10.7. The van der Waals surface area contributed by atoms with Crippen LogP contribution in [0.5, 0.6) is 23.0 Å². The summed E-state index contributed by atoms with van der Waals surface area (Å²) in [6.07, 6.45) is 0. The first-order chi connectivity index (χ1) is 9.58. The van der Waals surface area contributed by atoms with Crippen molar-refractivity contribution in [1.29, 1.82) is 0 Å². The Morgan fingerprint density at radius 3 is 2.40 bits per heavy atom. The highest BCUT2D eigenvalue weighted by Gasteiger charge is 2.25. The van der Waals surface area contributed by atoms with Crippen molar-refractivity contribution in [1.82, 2.24) is 5.32 Å². The largest absolute Gasteiger partial charge is 0.504 e. The molecule has 5 nitrogen and oxygen atoms in total. The molecule has 2 aromatic carbocycles. The minimum Gasteiger partial charge on any atom is -0.504 e. The highest BCUT2D eigenvalue weighted by Crippen LogP contribution is 2.40. The van der Waals surface area contributed by atoms with Gasteiger partial charge in [0.1, 0.15) is 0 Å². The van der Waals surface area contributed by atoms with Crippen LogP contribution in [-0.4, -0.2) is 27.0 Å². The number of phenolic OH excluding ortho intramolecular Hbond substituents is 4. The van der Waals surface area contributed by atoms with Gasteiger partial charge in [-0.1, -0.05) is 12.1 Å². The maximum Gasteiger partial charge on any atom is 0.162 e. The summed E-state index contributed by atoms with van der Waals surface area (Å²) < 4.78 is 0. The molecule has 0 radical (unpaired) electrons. The van der Waals surface area contributed by atoms with E-state index >= 15 is 0 Å². The van der Waals surface area contributed by atoms with E-state index in [-0.39, 0.29) is 28.9 Å². The van der Waals surface area contributed by atoms with Crippen molar-refractivity contribution < 1.29 is 20.4 Å². The summed E-state index contributed by atoms with van der Waals surface area (Å²) in [6.45, 7) is 1.14. The highest BCUT2D eigenvalue weighted by molar-refractivity contribution is 5.54. The molecule has 0 amide bonds. The Labute approximate surface area is 115 Å². The lowest BCUT2D eigenvalue weighted by molar-refractivity contribution is 0.392. The minimum absolute atomic E-state index is 0.0586. The van der Waals surface area contributed by atoms with Gasteiger partial charge in [-0.2, -0.15) is 0 Å². The molecule has 1 aliphatic rings. The molecule has 1 heterocycles. The number of nitrogens with one attached hydrogen (secondary N) is 1. The molecule has 1 aliphatic heterocycles. The van der Waals surface area contributed by atoms with Crippen molar-refractivity contribution in [2.24, 2.45) is 0 Å². The first-order valence-electron chi connectivity index (χ1n) is 6.34. The minimum atomic E-state index is -0.169. The van der Waals surface area contributed by atoms with Crippen LogP contribution in [0.15, 0.2) is 30.3 Å². The SMILES string of the molecule is Oc1ccc([C@H]2CNCc3c2ccc(O)c3O)cc1O. The molecular weight excluding hydrogens is 258 g/mol. The van der Waals surface area contributed by atoms with E-state index in [1.54, 1.807) is 12.1 Å². The smallest absolute Gasteiger partial charge is 0.162 e. The molecular formula is C15H15NO4. The molecule has 5 N–H and O–H groups in total. The Morgan fingerprint density at radius 1 is 0.900 bits per heavy atom. The zero-order valence-electron chi connectivity index (χ0n) is 10.7. The molecule has 104 valence electrons. The summed E-state index contributed by atoms with van der Waals surface area (Å²) in [6, 6.07) is 7.94. The number of benzene rings is 2. The quantitative estimate of drug-likeness (QED) is 0.510. The van der Waals surface area contributed by atoms with Crippen molar-refractivity contribution in [2.75, 3.05) is 6.54 Å². The molecule has 0 aromatic heterocycles. The second-order valence-electron chi connectivity index (χ2n) is 4.93. The zero-order chi connectivity index (χ0) is 14.3. The van der Waals surface area contributed by atoms with Crippen LogP contribution in [0.4, 0.5) is 0 Å². The van der Waals surface area contributed by atoms with E-state index in [2.05, 4.69) is 5.32 Å². The molecule has 20 heavy (non-hydrogen) atoms. The first-order valence-corrected chi connectivity index (χ1v) is 6.34. The van der Waals surface area contributed by atoms with Gasteiger partial charge < -0.3 is 25.7 Å². The summed E-state index contributed by atoms with van der Waals surface area (Å²) in [5.41, 5.74) is 2.40. The standard InChI is InChI=1S/C15H15NO4/c17-12-3-1-8(5-14(12)19)10-6-16-7-11-9(10)2-4-13(18)15(11)20/h1-5,10,16-20H,6-7H2/t10-/m1/s1. The molecule has 0 saturated heterocycles. The molecule has 0 bridgehead atoms. The first kappa shape index (κ1) is 12.6. The normalized spacial score (nSPS) is 17.7. The van der Waals surface area contributed by atoms with Gasteiger partial charge in [-0.15, -0.1) is 0 Å². The van der Waals surface area contributed by atoms with Crippen LogP contribution in [0.2, 0.25) is 0 Å². The van der Waals surface area contributed by atoms with Crippen molar-refractivity contribution in [2.45, 2.75) is 12.5 Å². The summed E-state index contributed by atoms with van der Waals surface area (Å²) in [7, 11) is 0. The lowest BCUT2D eigenvalue weighted by atomic mass is 9.85. The van der Waals surface area contributed by atoms with Crippen LogP contribution >= 0.6 is 0 Å². The van der Waals surface area contributed by atoms with Crippen LogP contribution in [0.3, 0.4) is 0 Å². The van der Waals surface area contributed by atoms with Crippen LogP contribution in [-0.2, 0) is 6.54 Å². The van der Waals surface area contributed by atoms with Crippen molar-refractivity contribution in [3.05, 3.63) is 47.0 Å². The molecule has 0 fully saturated rings. The van der Waals surface area contributed by atoms with E-state index in [1.807, 2.05) is 0 Å². The maximum absolute atomic E-state index is 9.93. The molecule has 0 unspecified atom stereocenters.